The lowest BCUT2D eigenvalue weighted by atomic mass is 10.2. The Balaban J connectivity index is 1.44. The van der Waals surface area contributed by atoms with Crippen LogP contribution >= 0.6 is 11.3 Å². The Hall–Kier alpha value is -2.99. The summed E-state index contributed by atoms with van der Waals surface area (Å²) in [5.41, 5.74) is 1.63. The van der Waals surface area contributed by atoms with Crippen LogP contribution in [0.1, 0.15) is 15.2 Å². The second-order valence-electron chi connectivity index (χ2n) is 5.50. The van der Waals surface area contributed by atoms with E-state index < -0.39 is 0 Å². The number of amides is 1. The summed E-state index contributed by atoms with van der Waals surface area (Å²) in [5.74, 6) is 0.213. The van der Waals surface area contributed by atoms with Crippen LogP contribution in [0.3, 0.4) is 0 Å². The van der Waals surface area contributed by atoms with E-state index in [9.17, 15) is 9.18 Å². The Morgan fingerprint density at radius 3 is 2.88 bits per heavy atom. The lowest BCUT2D eigenvalue weighted by molar-refractivity contribution is 0.0955. The van der Waals surface area contributed by atoms with Crippen LogP contribution in [0.4, 0.5) is 4.39 Å². The third-order valence-electron chi connectivity index (χ3n) is 3.75. The van der Waals surface area contributed by atoms with E-state index in [-0.39, 0.29) is 11.7 Å². The number of fused-ring (bicyclic) bond motifs is 1. The fourth-order valence-corrected chi connectivity index (χ4v) is 3.45. The predicted octanol–water partition coefficient (Wildman–Crippen LogP) is 4.63. The number of nitrogens with zero attached hydrogens (tertiary/aromatic N) is 1. The first-order valence-electron chi connectivity index (χ1n) is 7.65. The van der Waals surface area contributed by atoms with Gasteiger partial charge in [0.25, 0.3) is 5.91 Å². The van der Waals surface area contributed by atoms with Gasteiger partial charge in [-0.05, 0) is 53.4 Å². The predicted molar refractivity (Wildman–Crippen MR) is 94.9 cm³/mol. The molecule has 0 radical (unpaired) electrons. The quantitative estimate of drug-likeness (QED) is 0.583. The van der Waals surface area contributed by atoms with Crippen LogP contribution < -0.4 is 5.32 Å². The topological polar surface area (TPSA) is 55.1 Å². The Morgan fingerprint density at radius 1 is 1.20 bits per heavy atom. The standard InChI is InChI=1S/C19H13FN2O2S/c20-14-4-6-17-13(8-14)9-18(25-17)19(23)22-11-12-3-5-15(21-10-12)16-2-1-7-24-16/h1-10H,11H2,(H,22,23). The average Bonchev–Trinajstić information content (AvgIpc) is 3.29. The molecular weight excluding hydrogens is 339 g/mol. The molecule has 0 unspecified atom stereocenters. The van der Waals surface area contributed by atoms with Gasteiger partial charge >= 0.3 is 0 Å². The number of carbonyl (C=O) groups is 1. The van der Waals surface area contributed by atoms with Gasteiger partial charge in [0.1, 0.15) is 11.5 Å². The number of nitrogens with one attached hydrogen (secondary N) is 1. The van der Waals surface area contributed by atoms with Crippen molar-refractivity contribution >= 4 is 27.3 Å². The summed E-state index contributed by atoms with van der Waals surface area (Å²) in [6, 6.07) is 13.6. The molecular formula is C19H13FN2O2S. The maximum atomic E-state index is 13.2. The van der Waals surface area contributed by atoms with Crippen LogP contribution in [0.2, 0.25) is 0 Å². The second kappa shape index (κ2) is 6.49. The van der Waals surface area contributed by atoms with Gasteiger partial charge in [-0.25, -0.2) is 4.39 Å². The van der Waals surface area contributed by atoms with Gasteiger partial charge in [0.2, 0.25) is 0 Å². The zero-order valence-electron chi connectivity index (χ0n) is 13.0. The number of rotatable bonds is 4. The van der Waals surface area contributed by atoms with Crippen LogP contribution in [-0.2, 0) is 6.54 Å². The highest BCUT2D eigenvalue weighted by Gasteiger charge is 2.11. The molecule has 0 aliphatic rings. The molecule has 4 nitrogen and oxygen atoms in total. The fraction of sp³-hybridized carbons (Fsp3) is 0.0526. The Labute approximate surface area is 146 Å². The van der Waals surface area contributed by atoms with Gasteiger partial charge in [-0.2, -0.15) is 0 Å². The van der Waals surface area contributed by atoms with E-state index in [4.69, 9.17) is 4.42 Å². The number of halogens is 1. The highest BCUT2D eigenvalue weighted by Crippen LogP contribution is 2.26. The minimum absolute atomic E-state index is 0.184. The van der Waals surface area contributed by atoms with E-state index in [1.54, 1.807) is 24.6 Å². The van der Waals surface area contributed by atoms with Crippen LogP contribution in [-0.4, -0.2) is 10.9 Å². The Kier molecular flexibility index (Phi) is 4.03. The lowest BCUT2D eigenvalue weighted by Crippen LogP contribution is -2.21. The highest BCUT2D eigenvalue weighted by atomic mass is 32.1. The van der Waals surface area contributed by atoms with Crippen molar-refractivity contribution in [2.45, 2.75) is 6.54 Å². The second-order valence-corrected chi connectivity index (χ2v) is 6.59. The monoisotopic (exact) mass is 352 g/mol. The van der Waals surface area contributed by atoms with E-state index >= 15 is 0 Å². The van der Waals surface area contributed by atoms with Gasteiger partial charge in [-0.15, -0.1) is 11.3 Å². The molecule has 1 aromatic carbocycles. The van der Waals surface area contributed by atoms with Crippen LogP contribution in [0.15, 0.2) is 65.4 Å². The maximum absolute atomic E-state index is 13.2. The number of hydrogen-bond acceptors (Lipinski definition) is 4. The maximum Gasteiger partial charge on any atom is 0.261 e. The van der Waals surface area contributed by atoms with Gasteiger partial charge in [-0.1, -0.05) is 6.07 Å². The number of thiophene rings is 1. The van der Waals surface area contributed by atoms with Gasteiger partial charge in [0.15, 0.2) is 5.76 Å². The third-order valence-corrected chi connectivity index (χ3v) is 4.87. The van der Waals surface area contributed by atoms with Crippen molar-refractivity contribution in [3.8, 4) is 11.5 Å². The van der Waals surface area contributed by atoms with Crippen molar-refractivity contribution in [1.29, 1.82) is 0 Å². The average molecular weight is 352 g/mol. The van der Waals surface area contributed by atoms with Crippen LogP contribution in [0.25, 0.3) is 21.5 Å². The number of hydrogen-bond donors (Lipinski definition) is 1. The van der Waals surface area contributed by atoms with Gasteiger partial charge in [0, 0.05) is 17.4 Å². The molecule has 0 fully saturated rings. The van der Waals surface area contributed by atoms with E-state index in [2.05, 4.69) is 10.3 Å². The minimum atomic E-state index is -0.306. The Bertz CT molecular complexity index is 1020. The fourth-order valence-electron chi connectivity index (χ4n) is 2.49. The van der Waals surface area contributed by atoms with Crippen molar-refractivity contribution in [3.63, 3.8) is 0 Å². The molecule has 124 valence electrons. The molecule has 4 rings (SSSR count). The van der Waals surface area contributed by atoms with E-state index in [1.165, 1.54) is 23.5 Å². The zero-order valence-corrected chi connectivity index (χ0v) is 13.8. The number of benzene rings is 1. The third kappa shape index (κ3) is 3.29. The normalized spacial score (nSPS) is 10.9. The Morgan fingerprint density at radius 2 is 2.12 bits per heavy atom. The van der Waals surface area contributed by atoms with E-state index in [0.717, 1.165) is 21.3 Å². The molecule has 0 bridgehead atoms. The van der Waals surface area contributed by atoms with Crippen molar-refractivity contribution < 1.29 is 13.6 Å². The molecule has 6 heteroatoms. The molecule has 0 aliphatic carbocycles. The summed E-state index contributed by atoms with van der Waals surface area (Å²) < 4.78 is 19.4. The first kappa shape index (κ1) is 15.5. The minimum Gasteiger partial charge on any atom is -0.463 e. The number of carbonyl (C=O) groups excluding carboxylic acids is 1. The summed E-state index contributed by atoms with van der Waals surface area (Å²) in [5, 5.41) is 3.60. The first-order valence-corrected chi connectivity index (χ1v) is 8.47. The summed E-state index contributed by atoms with van der Waals surface area (Å²) in [7, 11) is 0. The van der Waals surface area contributed by atoms with Crippen LogP contribution in [0.5, 0.6) is 0 Å². The van der Waals surface area contributed by atoms with Crippen molar-refractivity contribution in [2.75, 3.05) is 0 Å². The van der Waals surface area contributed by atoms with Crippen molar-refractivity contribution in [1.82, 2.24) is 10.3 Å². The van der Waals surface area contributed by atoms with E-state index in [0.29, 0.717) is 17.2 Å². The van der Waals surface area contributed by atoms with E-state index in [1.807, 2.05) is 24.3 Å². The number of aromatic nitrogens is 1. The van der Waals surface area contributed by atoms with Gasteiger partial charge in [-0.3, -0.25) is 9.78 Å². The molecule has 25 heavy (non-hydrogen) atoms. The van der Waals surface area contributed by atoms with Gasteiger partial charge in [0.05, 0.1) is 11.1 Å². The SMILES string of the molecule is O=C(NCc1ccc(-c2ccco2)nc1)c1cc2cc(F)ccc2s1. The highest BCUT2D eigenvalue weighted by molar-refractivity contribution is 7.20. The smallest absolute Gasteiger partial charge is 0.261 e. The molecule has 1 N–H and O–H groups in total. The van der Waals surface area contributed by atoms with Crippen molar-refractivity contribution in [2.24, 2.45) is 0 Å². The van der Waals surface area contributed by atoms with Crippen molar-refractivity contribution in [3.05, 3.63) is 77.2 Å². The molecule has 4 aromatic rings. The zero-order chi connectivity index (χ0) is 17.2. The molecule has 0 saturated heterocycles. The summed E-state index contributed by atoms with van der Waals surface area (Å²) >= 11 is 1.34. The number of pyridine rings is 1. The molecule has 0 saturated carbocycles. The van der Waals surface area contributed by atoms with Gasteiger partial charge < -0.3 is 9.73 Å². The molecule has 3 aromatic heterocycles. The molecule has 3 heterocycles. The number of furan rings is 1. The first-order chi connectivity index (χ1) is 12.2. The molecule has 0 aliphatic heterocycles. The summed E-state index contributed by atoms with van der Waals surface area (Å²) in [4.78, 5) is 17.2. The molecule has 1 amide bonds. The molecule has 0 atom stereocenters. The largest absolute Gasteiger partial charge is 0.463 e. The summed E-state index contributed by atoms with van der Waals surface area (Å²) in [6.45, 7) is 0.368. The lowest BCUT2D eigenvalue weighted by Gasteiger charge is -2.04. The van der Waals surface area contributed by atoms with Crippen LogP contribution in [0, 0.1) is 5.82 Å². The summed E-state index contributed by atoms with van der Waals surface area (Å²) in [6.07, 6.45) is 3.31. The molecule has 0 spiro atoms.